The van der Waals surface area contributed by atoms with Crippen LogP contribution in [0.15, 0.2) is 12.1 Å². The van der Waals surface area contributed by atoms with Crippen molar-refractivity contribution in [1.82, 2.24) is 4.90 Å². The van der Waals surface area contributed by atoms with Gasteiger partial charge in [-0.05, 0) is 19.4 Å². The van der Waals surface area contributed by atoms with E-state index in [9.17, 15) is 10.1 Å². The van der Waals surface area contributed by atoms with E-state index in [1.54, 1.807) is 6.07 Å². The second kappa shape index (κ2) is 7.76. The summed E-state index contributed by atoms with van der Waals surface area (Å²) < 4.78 is 5.38. The van der Waals surface area contributed by atoms with Gasteiger partial charge in [-0.1, -0.05) is 11.6 Å². The van der Waals surface area contributed by atoms with Crippen molar-refractivity contribution in [2.75, 3.05) is 50.8 Å². The lowest BCUT2D eigenvalue weighted by molar-refractivity contribution is -0.384. The van der Waals surface area contributed by atoms with E-state index in [-0.39, 0.29) is 5.69 Å². The molecule has 122 valence electrons. The first-order valence-electron chi connectivity index (χ1n) is 7.52. The van der Waals surface area contributed by atoms with Gasteiger partial charge >= 0.3 is 0 Å². The molecule has 0 bridgehead atoms. The molecule has 1 fully saturated rings. The molecule has 1 aliphatic rings. The average Bonchev–Trinajstić information content (AvgIpc) is 2.48. The molecule has 0 unspecified atom stereocenters. The highest BCUT2D eigenvalue weighted by Crippen LogP contribution is 2.34. The van der Waals surface area contributed by atoms with E-state index in [1.807, 2.05) is 13.8 Å². The Morgan fingerprint density at radius 3 is 2.55 bits per heavy atom. The summed E-state index contributed by atoms with van der Waals surface area (Å²) in [6.07, 6.45) is 0. The molecule has 0 N–H and O–H groups in total. The van der Waals surface area contributed by atoms with Crippen LogP contribution in [-0.2, 0) is 4.74 Å². The maximum atomic E-state index is 10.9. The Bertz CT molecular complexity index is 508. The Hall–Kier alpha value is -1.37. The number of hydrogen-bond acceptors (Lipinski definition) is 5. The summed E-state index contributed by atoms with van der Waals surface area (Å²) in [6, 6.07) is 3.02. The predicted molar refractivity (Wildman–Crippen MR) is 88.0 cm³/mol. The van der Waals surface area contributed by atoms with E-state index in [0.29, 0.717) is 5.02 Å². The monoisotopic (exact) mass is 327 g/mol. The molecular formula is C15H22ClN3O3. The SMILES string of the molecule is CCOCCN1CCN(c2c(C)cc([N+](=O)[O-])cc2Cl)CC1. The van der Waals surface area contributed by atoms with Gasteiger partial charge in [0.05, 0.1) is 22.2 Å². The summed E-state index contributed by atoms with van der Waals surface area (Å²) in [6.45, 7) is 9.93. The number of aryl methyl sites for hydroxylation is 1. The molecule has 1 aromatic carbocycles. The van der Waals surface area contributed by atoms with E-state index >= 15 is 0 Å². The van der Waals surface area contributed by atoms with Gasteiger partial charge in [0, 0.05) is 51.5 Å². The number of halogens is 1. The average molecular weight is 328 g/mol. The number of benzene rings is 1. The molecule has 6 nitrogen and oxygen atoms in total. The minimum Gasteiger partial charge on any atom is -0.380 e. The first-order chi connectivity index (χ1) is 10.5. The number of hydrogen-bond donors (Lipinski definition) is 0. The highest BCUT2D eigenvalue weighted by Gasteiger charge is 2.22. The highest BCUT2D eigenvalue weighted by molar-refractivity contribution is 6.33. The summed E-state index contributed by atoms with van der Waals surface area (Å²) in [5.41, 5.74) is 1.81. The predicted octanol–water partition coefficient (Wildman–Crippen LogP) is 2.72. The van der Waals surface area contributed by atoms with Crippen molar-refractivity contribution in [2.45, 2.75) is 13.8 Å². The van der Waals surface area contributed by atoms with Gasteiger partial charge in [-0.3, -0.25) is 15.0 Å². The Balaban J connectivity index is 2.01. The lowest BCUT2D eigenvalue weighted by atomic mass is 10.1. The molecule has 2 rings (SSSR count). The third kappa shape index (κ3) is 4.09. The molecular weight excluding hydrogens is 306 g/mol. The van der Waals surface area contributed by atoms with Crippen LogP contribution >= 0.6 is 11.6 Å². The summed E-state index contributed by atoms with van der Waals surface area (Å²) in [5, 5.41) is 11.3. The van der Waals surface area contributed by atoms with Gasteiger partial charge in [-0.2, -0.15) is 0 Å². The standard InChI is InChI=1S/C15H22ClN3O3/c1-3-22-9-8-17-4-6-18(7-5-17)15-12(2)10-13(19(20)21)11-14(15)16/h10-11H,3-9H2,1-2H3. The number of anilines is 1. The van der Waals surface area contributed by atoms with Crippen LogP contribution in [0.5, 0.6) is 0 Å². The zero-order valence-corrected chi connectivity index (χ0v) is 13.8. The molecule has 0 aromatic heterocycles. The van der Waals surface area contributed by atoms with Gasteiger partial charge in [-0.25, -0.2) is 0 Å². The van der Waals surface area contributed by atoms with E-state index < -0.39 is 4.92 Å². The largest absolute Gasteiger partial charge is 0.380 e. The first-order valence-corrected chi connectivity index (χ1v) is 7.90. The molecule has 1 heterocycles. The lowest BCUT2D eigenvalue weighted by Gasteiger charge is -2.37. The number of ether oxygens (including phenoxy) is 1. The van der Waals surface area contributed by atoms with Crippen molar-refractivity contribution in [3.63, 3.8) is 0 Å². The number of non-ortho nitro benzene ring substituents is 1. The van der Waals surface area contributed by atoms with Gasteiger partial charge < -0.3 is 9.64 Å². The maximum Gasteiger partial charge on any atom is 0.271 e. The van der Waals surface area contributed by atoms with Crippen LogP contribution < -0.4 is 4.90 Å². The zero-order valence-electron chi connectivity index (χ0n) is 13.0. The van der Waals surface area contributed by atoms with E-state index in [1.165, 1.54) is 6.07 Å². The molecule has 1 saturated heterocycles. The Labute approximate surface area is 135 Å². The van der Waals surface area contributed by atoms with Crippen LogP contribution in [0.4, 0.5) is 11.4 Å². The molecule has 1 aliphatic heterocycles. The van der Waals surface area contributed by atoms with Gasteiger partial charge in [0.2, 0.25) is 0 Å². The van der Waals surface area contributed by atoms with Crippen molar-refractivity contribution in [1.29, 1.82) is 0 Å². The fourth-order valence-corrected chi connectivity index (χ4v) is 3.14. The Morgan fingerprint density at radius 1 is 1.32 bits per heavy atom. The van der Waals surface area contributed by atoms with Gasteiger partial charge in [0.25, 0.3) is 5.69 Å². The van der Waals surface area contributed by atoms with Gasteiger partial charge in [0.1, 0.15) is 0 Å². The molecule has 22 heavy (non-hydrogen) atoms. The molecule has 0 radical (unpaired) electrons. The van der Waals surface area contributed by atoms with E-state index in [2.05, 4.69) is 9.80 Å². The second-order valence-corrected chi connectivity index (χ2v) is 5.78. The molecule has 0 aliphatic carbocycles. The lowest BCUT2D eigenvalue weighted by Crippen LogP contribution is -2.47. The number of piperazine rings is 1. The van der Waals surface area contributed by atoms with E-state index in [0.717, 1.165) is 57.2 Å². The van der Waals surface area contributed by atoms with Crippen LogP contribution in [0.1, 0.15) is 12.5 Å². The van der Waals surface area contributed by atoms with Crippen LogP contribution in [0, 0.1) is 17.0 Å². The van der Waals surface area contributed by atoms with Crippen molar-refractivity contribution in [2.24, 2.45) is 0 Å². The Morgan fingerprint density at radius 2 is 2.00 bits per heavy atom. The van der Waals surface area contributed by atoms with Crippen LogP contribution in [0.2, 0.25) is 5.02 Å². The van der Waals surface area contributed by atoms with Crippen molar-refractivity contribution >= 4 is 23.0 Å². The number of nitro benzene ring substituents is 1. The fraction of sp³-hybridized carbons (Fsp3) is 0.600. The smallest absolute Gasteiger partial charge is 0.271 e. The Kier molecular flexibility index (Phi) is 5.99. The molecule has 0 atom stereocenters. The number of nitro groups is 1. The number of rotatable bonds is 6. The second-order valence-electron chi connectivity index (χ2n) is 5.38. The minimum atomic E-state index is -0.408. The fourth-order valence-electron chi connectivity index (χ4n) is 2.76. The quantitative estimate of drug-likeness (QED) is 0.457. The summed E-state index contributed by atoms with van der Waals surface area (Å²) in [5.74, 6) is 0. The zero-order chi connectivity index (χ0) is 16.1. The topological polar surface area (TPSA) is 58.8 Å². The molecule has 7 heteroatoms. The summed E-state index contributed by atoms with van der Waals surface area (Å²) >= 11 is 6.27. The minimum absolute atomic E-state index is 0.0431. The molecule has 1 aromatic rings. The number of nitrogens with zero attached hydrogens (tertiary/aromatic N) is 3. The summed E-state index contributed by atoms with van der Waals surface area (Å²) in [4.78, 5) is 15.0. The van der Waals surface area contributed by atoms with E-state index in [4.69, 9.17) is 16.3 Å². The molecule has 0 spiro atoms. The molecule has 0 saturated carbocycles. The summed E-state index contributed by atoms with van der Waals surface area (Å²) in [7, 11) is 0. The van der Waals surface area contributed by atoms with Crippen LogP contribution in [0.3, 0.4) is 0 Å². The highest BCUT2D eigenvalue weighted by atomic mass is 35.5. The van der Waals surface area contributed by atoms with Crippen molar-refractivity contribution < 1.29 is 9.66 Å². The molecule has 0 amide bonds. The first kappa shape index (κ1) is 17.0. The maximum absolute atomic E-state index is 10.9. The van der Waals surface area contributed by atoms with Gasteiger partial charge in [-0.15, -0.1) is 0 Å². The van der Waals surface area contributed by atoms with Crippen LogP contribution in [0.25, 0.3) is 0 Å². The normalized spacial score (nSPS) is 16.0. The van der Waals surface area contributed by atoms with Crippen LogP contribution in [-0.4, -0.2) is 55.8 Å². The third-order valence-electron chi connectivity index (χ3n) is 3.89. The van der Waals surface area contributed by atoms with Crippen molar-refractivity contribution in [3.05, 3.63) is 32.8 Å². The van der Waals surface area contributed by atoms with Gasteiger partial charge in [0.15, 0.2) is 0 Å². The van der Waals surface area contributed by atoms with Crippen molar-refractivity contribution in [3.8, 4) is 0 Å². The third-order valence-corrected chi connectivity index (χ3v) is 4.18.